The Morgan fingerprint density at radius 3 is 2.30 bits per heavy atom. The van der Waals surface area contributed by atoms with Crippen molar-refractivity contribution in [3.63, 3.8) is 0 Å². The van der Waals surface area contributed by atoms with Gasteiger partial charge in [0.15, 0.2) is 5.82 Å². The standard InChI is InChI=1S/C33H46FN3O7/c1-9-13-21(2)36(31(41)44-33(6,7)8)19-23-16-24-25(37(23)30(39)40)17-26(42-20-22-14-11-10-12-15-22)29(28(24)34)35-18-27(38)43-32(3,4)5/h10-12,14-15,17,21,23,35H,9,13,16,18-20H2,1-8H3,(H,39,40)/t21?,23-/m1/s1. The molecule has 0 aromatic heterocycles. The summed E-state index contributed by atoms with van der Waals surface area (Å²) >= 11 is 0. The van der Waals surface area contributed by atoms with Crippen molar-refractivity contribution in [3.8, 4) is 5.75 Å². The largest absolute Gasteiger partial charge is 0.487 e. The van der Waals surface area contributed by atoms with Crippen molar-refractivity contribution in [1.82, 2.24) is 4.90 Å². The first-order valence-corrected chi connectivity index (χ1v) is 15.0. The van der Waals surface area contributed by atoms with Crippen LogP contribution in [0.5, 0.6) is 5.75 Å². The summed E-state index contributed by atoms with van der Waals surface area (Å²) in [5, 5.41) is 13.1. The molecule has 0 spiro atoms. The molecule has 11 heteroatoms. The van der Waals surface area contributed by atoms with Gasteiger partial charge >= 0.3 is 18.2 Å². The third-order valence-electron chi connectivity index (χ3n) is 6.92. The highest BCUT2D eigenvalue weighted by atomic mass is 19.1. The fourth-order valence-electron chi connectivity index (χ4n) is 5.10. The fraction of sp³-hybridized carbons (Fsp3) is 0.545. The lowest BCUT2D eigenvalue weighted by atomic mass is 10.1. The average Bonchev–Trinajstić information content (AvgIpc) is 3.27. The minimum atomic E-state index is -1.29. The van der Waals surface area contributed by atoms with Crippen LogP contribution >= 0.6 is 0 Å². The molecule has 0 fully saturated rings. The van der Waals surface area contributed by atoms with Gasteiger partial charge in [0.1, 0.15) is 35.8 Å². The summed E-state index contributed by atoms with van der Waals surface area (Å²) in [5.74, 6) is -1.27. The van der Waals surface area contributed by atoms with Gasteiger partial charge in [-0.25, -0.2) is 14.0 Å². The lowest BCUT2D eigenvalue weighted by Crippen LogP contribution is -2.50. The zero-order valence-corrected chi connectivity index (χ0v) is 27.0. The van der Waals surface area contributed by atoms with Gasteiger partial charge in [-0.15, -0.1) is 0 Å². The van der Waals surface area contributed by atoms with E-state index in [1.54, 1.807) is 41.5 Å². The molecule has 242 valence electrons. The molecule has 2 aromatic rings. The van der Waals surface area contributed by atoms with Gasteiger partial charge in [0, 0.05) is 30.6 Å². The maximum Gasteiger partial charge on any atom is 0.412 e. The molecule has 2 amide bonds. The van der Waals surface area contributed by atoms with Gasteiger partial charge in [-0.2, -0.15) is 0 Å². The number of amides is 2. The van der Waals surface area contributed by atoms with E-state index in [2.05, 4.69) is 5.32 Å². The van der Waals surface area contributed by atoms with Gasteiger partial charge < -0.3 is 29.5 Å². The summed E-state index contributed by atoms with van der Waals surface area (Å²) < 4.78 is 33.4. The van der Waals surface area contributed by atoms with E-state index in [0.29, 0.717) is 6.42 Å². The van der Waals surface area contributed by atoms with Crippen molar-refractivity contribution in [2.75, 3.05) is 23.3 Å². The van der Waals surface area contributed by atoms with Crippen LogP contribution in [0.25, 0.3) is 0 Å². The molecule has 0 aliphatic carbocycles. The summed E-state index contributed by atoms with van der Waals surface area (Å²) in [5.41, 5.74) is -0.469. The van der Waals surface area contributed by atoms with Crippen molar-refractivity contribution >= 4 is 29.5 Å². The molecule has 2 atom stereocenters. The average molecular weight is 616 g/mol. The van der Waals surface area contributed by atoms with E-state index in [-0.39, 0.29) is 54.8 Å². The number of halogens is 1. The Morgan fingerprint density at radius 2 is 1.73 bits per heavy atom. The molecular weight excluding hydrogens is 569 g/mol. The molecule has 0 saturated heterocycles. The smallest absolute Gasteiger partial charge is 0.412 e. The normalized spacial score (nSPS) is 15.3. The van der Waals surface area contributed by atoms with Crippen molar-refractivity contribution in [1.29, 1.82) is 0 Å². The minimum Gasteiger partial charge on any atom is -0.487 e. The van der Waals surface area contributed by atoms with Gasteiger partial charge in [-0.3, -0.25) is 9.69 Å². The molecule has 2 aromatic carbocycles. The van der Waals surface area contributed by atoms with Crippen LogP contribution in [-0.4, -0.2) is 64.5 Å². The van der Waals surface area contributed by atoms with Gasteiger partial charge in [0.25, 0.3) is 0 Å². The monoisotopic (exact) mass is 615 g/mol. The lowest BCUT2D eigenvalue weighted by Gasteiger charge is -2.35. The number of benzene rings is 2. The van der Waals surface area contributed by atoms with Crippen LogP contribution in [0.15, 0.2) is 36.4 Å². The molecule has 1 aliphatic rings. The molecule has 3 rings (SSSR count). The summed E-state index contributed by atoms with van der Waals surface area (Å²) in [7, 11) is 0. The number of nitrogens with one attached hydrogen (secondary N) is 1. The molecule has 1 aliphatic heterocycles. The van der Waals surface area contributed by atoms with Crippen LogP contribution in [0, 0.1) is 5.82 Å². The zero-order chi connectivity index (χ0) is 32.8. The molecular formula is C33H46FN3O7. The first kappa shape index (κ1) is 34.5. The SMILES string of the molecule is CCCC(C)N(C[C@H]1Cc2c(cc(OCc3ccccc3)c(NCC(=O)OC(C)(C)C)c2F)N1C(=O)O)C(=O)OC(C)(C)C. The van der Waals surface area contributed by atoms with Crippen LogP contribution in [0.3, 0.4) is 0 Å². The number of rotatable bonds is 11. The number of carboxylic acid groups (broad SMARTS) is 1. The van der Waals surface area contributed by atoms with Crippen LogP contribution in [0.4, 0.5) is 25.4 Å². The highest BCUT2D eigenvalue weighted by Crippen LogP contribution is 2.43. The molecule has 0 bridgehead atoms. The van der Waals surface area contributed by atoms with E-state index in [0.717, 1.165) is 16.9 Å². The van der Waals surface area contributed by atoms with Crippen LogP contribution < -0.4 is 15.0 Å². The van der Waals surface area contributed by atoms with Gasteiger partial charge in [-0.1, -0.05) is 43.7 Å². The number of hydrogen-bond donors (Lipinski definition) is 2. The van der Waals surface area contributed by atoms with E-state index < -0.39 is 41.2 Å². The first-order valence-electron chi connectivity index (χ1n) is 15.0. The Kier molecular flexibility index (Phi) is 11.1. The summed E-state index contributed by atoms with van der Waals surface area (Å²) in [4.78, 5) is 41.0. The number of carbonyl (C=O) groups is 3. The first-order chi connectivity index (χ1) is 20.5. The van der Waals surface area contributed by atoms with E-state index >= 15 is 4.39 Å². The molecule has 44 heavy (non-hydrogen) atoms. The molecule has 2 N–H and O–H groups in total. The summed E-state index contributed by atoms with van der Waals surface area (Å²) in [6, 6.07) is 9.69. The molecule has 0 radical (unpaired) electrons. The number of fused-ring (bicyclic) bond motifs is 1. The van der Waals surface area contributed by atoms with Crippen LogP contribution in [-0.2, 0) is 27.3 Å². The van der Waals surface area contributed by atoms with Crippen molar-refractivity contribution in [2.45, 2.75) is 105 Å². The summed E-state index contributed by atoms with van der Waals surface area (Å²) in [6.07, 6.45) is -0.365. The van der Waals surface area contributed by atoms with Crippen molar-refractivity contribution in [2.24, 2.45) is 0 Å². The number of nitrogens with zero attached hydrogens (tertiary/aromatic N) is 2. The second-order valence-electron chi connectivity index (χ2n) is 13.1. The molecule has 1 heterocycles. The molecule has 1 unspecified atom stereocenters. The maximum atomic E-state index is 16.3. The second kappa shape index (κ2) is 14.2. The number of ether oxygens (including phenoxy) is 3. The predicted molar refractivity (Wildman–Crippen MR) is 167 cm³/mol. The number of carbonyl (C=O) groups excluding carboxylic acids is 2. The Hall–Kier alpha value is -4.02. The van der Waals surface area contributed by atoms with Gasteiger partial charge in [-0.05, 0) is 60.5 Å². The molecule has 10 nitrogen and oxygen atoms in total. The van der Waals surface area contributed by atoms with E-state index in [4.69, 9.17) is 14.2 Å². The minimum absolute atomic E-state index is 0.00260. The van der Waals surface area contributed by atoms with E-state index in [9.17, 15) is 19.5 Å². The Labute approximate surface area is 259 Å². The topological polar surface area (TPSA) is 118 Å². The van der Waals surface area contributed by atoms with E-state index in [1.807, 2.05) is 44.2 Å². The lowest BCUT2D eigenvalue weighted by molar-refractivity contribution is -0.152. The maximum absolute atomic E-state index is 16.3. The van der Waals surface area contributed by atoms with Crippen LogP contribution in [0.2, 0.25) is 0 Å². The van der Waals surface area contributed by atoms with Gasteiger partial charge in [0.05, 0.1) is 11.7 Å². The number of hydrogen-bond acceptors (Lipinski definition) is 7. The number of anilines is 2. The fourth-order valence-corrected chi connectivity index (χ4v) is 5.10. The van der Waals surface area contributed by atoms with E-state index in [1.165, 1.54) is 11.0 Å². The Bertz CT molecular complexity index is 1320. The second-order valence-corrected chi connectivity index (χ2v) is 13.1. The summed E-state index contributed by atoms with van der Waals surface area (Å²) in [6.45, 7) is 14.1. The third kappa shape index (κ3) is 9.24. The number of esters is 1. The van der Waals surface area contributed by atoms with Crippen molar-refractivity contribution < 1.29 is 38.1 Å². The Balaban J connectivity index is 2.00. The predicted octanol–water partition coefficient (Wildman–Crippen LogP) is 6.99. The Morgan fingerprint density at radius 1 is 1.09 bits per heavy atom. The van der Waals surface area contributed by atoms with Gasteiger partial charge in [0.2, 0.25) is 0 Å². The van der Waals surface area contributed by atoms with Crippen LogP contribution in [0.1, 0.15) is 79.4 Å². The highest BCUT2D eigenvalue weighted by Gasteiger charge is 2.41. The zero-order valence-electron chi connectivity index (χ0n) is 27.0. The molecule has 0 saturated carbocycles. The third-order valence-corrected chi connectivity index (χ3v) is 6.92. The van der Waals surface area contributed by atoms with Crippen molar-refractivity contribution in [3.05, 3.63) is 53.3 Å². The highest BCUT2D eigenvalue weighted by molar-refractivity contribution is 5.92. The quantitative estimate of drug-likeness (QED) is 0.260.